The molecule has 0 radical (unpaired) electrons. The zero-order valence-electron chi connectivity index (χ0n) is 16.3. The van der Waals surface area contributed by atoms with Gasteiger partial charge in [-0.05, 0) is 41.2 Å². The number of aromatic nitrogens is 2. The summed E-state index contributed by atoms with van der Waals surface area (Å²) in [5.74, 6) is -1.17. The Morgan fingerprint density at radius 2 is 1.82 bits per heavy atom. The maximum absolute atomic E-state index is 12.6. The van der Waals surface area contributed by atoms with Crippen molar-refractivity contribution in [3.05, 3.63) is 69.0 Å². The van der Waals surface area contributed by atoms with E-state index < -0.39 is 17.6 Å². The minimum atomic E-state index is -1.17. The Morgan fingerprint density at radius 3 is 2.46 bits per heavy atom. The second kappa shape index (κ2) is 6.99. The molecule has 1 aromatic heterocycles. The molecule has 7 nitrogen and oxygen atoms in total. The number of carbonyl (C=O) groups is 2. The van der Waals surface area contributed by atoms with Crippen LogP contribution in [0.2, 0.25) is 0 Å². The average molecular weight is 381 g/mol. The van der Waals surface area contributed by atoms with Crippen molar-refractivity contribution in [2.75, 3.05) is 0 Å². The highest BCUT2D eigenvalue weighted by Crippen LogP contribution is 2.27. The summed E-state index contributed by atoms with van der Waals surface area (Å²) in [4.78, 5) is 36.5. The fraction of sp³-hybridized carbons (Fsp3) is 0.286. The summed E-state index contributed by atoms with van der Waals surface area (Å²) in [5.41, 5.74) is 2.54. The van der Waals surface area contributed by atoms with Crippen molar-refractivity contribution in [2.24, 2.45) is 0 Å². The first-order chi connectivity index (χ1) is 13.1. The molecule has 0 atom stereocenters. The first kappa shape index (κ1) is 19.4. The Bertz CT molecular complexity index is 1130. The molecule has 2 aromatic carbocycles. The predicted molar refractivity (Wildman–Crippen MR) is 107 cm³/mol. The zero-order valence-corrected chi connectivity index (χ0v) is 16.3. The van der Waals surface area contributed by atoms with Gasteiger partial charge in [0, 0.05) is 6.54 Å². The van der Waals surface area contributed by atoms with Crippen molar-refractivity contribution < 1.29 is 14.7 Å². The SMILES string of the molecule is Cc1cccc(C(C)(C)C)c1CNC(=O)n1[nH]c2c(C(=O)O)cccc2c1=O. The molecule has 1 amide bonds. The molecular weight excluding hydrogens is 358 g/mol. The van der Waals surface area contributed by atoms with Gasteiger partial charge in [0.1, 0.15) is 0 Å². The number of para-hydroxylation sites is 1. The Hall–Kier alpha value is -3.35. The van der Waals surface area contributed by atoms with Crippen LogP contribution in [0.1, 0.15) is 47.8 Å². The lowest BCUT2D eigenvalue weighted by molar-refractivity contribution is 0.0698. The first-order valence-electron chi connectivity index (χ1n) is 8.95. The summed E-state index contributed by atoms with van der Waals surface area (Å²) in [6.45, 7) is 8.53. The summed E-state index contributed by atoms with van der Waals surface area (Å²) < 4.78 is 0.812. The third kappa shape index (κ3) is 3.43. The van der Waals surface area contributed by atoms with E-state index in [2.05, 4.69) is 31.2 Å². The van der Waals surface area contributed by atoms with Crippen LogP contribution in [0.25, 0.3) is 10.9 Å². The van der Waals surface area contributed by atoms with Crippen LogP contribution in [0.3, 0.4) is 0 Å². The van der Waals surface area contributed by atoms with E-state index in [-0.39, 0.29) is 28.4 Å². The number of hydrogen-bond acceptors (Lipinski definition) is 3. The largest absolute Gasteiger partial charge is 0.478 e. The van der Waals surface area contributed by atoms with Crippen LogP contribution in [0.4, 0.5) is 4.79 Å². The molecule has 1 heterocycles. The number of amides is 1. The minimum Gasteiger partial charge on any atom is -0.478 e. The summed E-state index contributed by atoms with van der Waals surface area (Å²) in [6.07, 6.45) is 0. The molecule has 7 heteroatoms. The number of aromatic carboxylic acids is 1. The number of hydrogen-bond donors (Lipinski definition) is 3. The molecule has 0 unspecified atom stereocenters. The molecule has 0 spiro atoms. The molecule has 0 saturated carbocycles. The summed E-state index contributed by atoms with van der Waals surface area (Å²) in [5, 5.41) is 14.8. The van der Waals surface area contributed by atoms with Gasteiger partial charge in [0.2, 0.25) is 0 Å². The standard InChI is InChI=1S/C21H23N3O4/c1-12-7-5-10-16(21(2,3)4)15(12)11-22-20(28)24-18(25)13-8-6-9-14(19(26)27)17(13)23-24/h5-10,23H,11H2,1-4H3,(H,22,28)(H,26,27). The highest BCUT2D eigenvalue weighted by Gasteiger charge is 2.21. The minimum absolute atomic E-state index is 0.0601. The third-order valence-electron chi connectivity index (χ3n) is 4.79. The highest BCUT2D eigenvalue weighted by molar-refractivity contribution is 6.02. The Labute approximate surface area is 162 Å². The first-order valence-corrected chi connectivity index (χ1v) is 8.95. The number of fused-ring (bicyclic) bond motifs is 1. The number of aryl methyl sites for hydroxylation is 1. The average Bonchev–Trinajstić information content (AvgIpc) is 2.96. The van der Waals surface area contributed by atoms with Crippen LogP contribution < -0.4 is 10.9 Å². The monoisotopic (exact) mass is 381 g/mol. The number of nitrogens with zero attached hydrogens (tertiary/aromatic N) is 1. The van der Waals surface area contributed by atoms with Crippen LogP contribution >= 0.6 is 0 Å². The Balaban J connectivity index is 1.94. The second-order valence-electron chi connectivity index (χ2n) is 7.80. The van der Waals surface area contributed by atoms with Crippen LogP contribution in [0.5, 0.6) is 0 Å². The lowest BCUT2D eigenvalue weighted by Crippen LogP contribution is -2.35. The molecule has 0 bridgehead atoms. The van der Waals surface area contributed by atoms with Gasteiger partial charge >= 0.3 is 12.0 Å². The quantitative estimate of drug-likeness (QED) is 0.647. The zero-order chi connectivity index (χ0) is 20.6. The molecule has 0 fully saturated rings. The van der Waals surface area contributed by atoms with Crippen LogP contribution in [0, 0.1) is 6.92 Å². The molecule has 3 N–H and O–H groups in total. The summed E-state index contributed by atoms with van der Waals surface area (Å²) in [6, 6.07) is 9.70. The van der Waals surface area contributed by atoms with E-state index in [1.54, 1.807) is 0 Å². The smallest absolute Gasteiger partial charge is 0.343 e. The van der Waals surface area contributed by atoms with Gasteiger partial charge in [-0.25, -0.2) is 9.59 Å². The van der Waals surface area contributed by atoms with E-state index in [0.717, 1.165) is 21.4 Å². The van der Waals surface area contributed by atoms with Crippen molar-refractivity contribution in [1.29, 1.82) is 0 Å². The fourth-order valence-corrected chi connectivity index (χ4v) is 3.34. The molecule has 3 aromatic rings. The van der Waals surface area contributed by atoms with Crippen LogP contribution in [-0.2, 0) is 12.0 Å². The van der Waals surface area contributed by atoms with Crippen molar-refractivity contribution in [1.82, 2.24) is 15.1 Å². The number of benzene rings is 2. The maximum atomic E-state index is 12.6. The van der Waals surface area contributed by atoms with E-state index >= 15 is 0 Å². The number of nitrogens with one attached hydrogen (secondary N) is 2. The molecule has 3 rings (SSSR count). The number of rotatable bonds is 3. The van der Waals surface area contributed by atoms with E-state index in [4.69, 9.17) is 0 Å². The number of carboxylic acids is 1. The lowest BCUT2D eigenvalue weighted by atomic mass is 9.82. The van der Waals surface area contributed by atoms with Crippen molar-refractivity contribution in [3.8, 4) is 0 Å². The van der Waals surface area contributed by atoms with Crippen LogP contribution in [-0.4, -0.2) is 26.9 Å². The van der Waals surface area contributed by atoms with Gasteiger partial charge in [0.25, 0.3) is 5.56 Å². The second-order valence-corrected chi connectivity index (χ2v) is 7.80. The summed E-state index contributed by atoms with van der Waals surface area (Å²) in [7, 11) is 0. The normalized spacial score (nSPS) is 11.6. The molecule has 146 valence electrons. The summed E-state index contributed by atoms with van der Waals surface area (Å²) >= 11 is 0. The molecule has 0 aliphatic heterocycles. The Morgan fingerprint density at radius 1 is 1.14 bits per heavy atom. The van der Waals surface area contributed by atoms with Gasteiger partial charge in [-0.15, -0.1) is 0 Å². The van der Waals surface area contributed by atoms with Gasteiger partial charge in [0.15, 0.2) is 0 Å². The maximum Gasteiger partial charge on any atom is 0.343 e. The van der Waals surface area contributed by atoms with E-state index in [0.29, 0.717) is 0 Å². The predicted octanol–water partition coefficient (Wildman–Crippen LogP) is 3.39. The van der Waals surface area contributed by atoms with E-state index in [9.17, 15) is 19.5 Å². The van der Waals surface area contributed by atoms with Gasteiger partial charge in [-0.3, -0.25) is 9.89 Å². The van der Waals surface area contributed by atoms with E-state index in [1.165, 1.54) is 18.2 Å². The van der Waals surface area contributed by atoms with Crippen molar-refractivity contribution >= 4 is 22.9 Å². The van der Waals surface area contributed by atoms with Gasteiger partial charge in [-0.2, -0.15) is 4.68 Å². The number of H-pyrrole nitrogens is 1. The van der Waals surface area contributed by atoms with Gasteiger partial charge in [-0.1, -0.05) is 45.0 Å². The van der Waals surface area contributed by atoms with Gasteiger partial charge in [0.05, 0.1) is 16.5 Å². The third-order valence-corrected chi connectivity index (χ3v) is 4.79. The molecule has 28 heavy (non-hydrogen) atoms. The molecule has 0 aliphatic rings. The van der Waals surface area contributed by atoms with Crippen molar-refractivity contribution in [2.45, 2.75) is 39.7 Å². The van der Waals surface area contributed by atoms with Gasteiger partial charge < -0.3 is 10.4 Å². The number of aromatic amines is 1. The lowest BCUT2D eigenvalue weighted by Gasteiger charge is -2.24. The number of carboxylic acid groups (broad SMARTS) is 1. The highest BCUT2D eigenvalue weighted by atomic mass is 16.4. The molecule has 0 saturated heterocycles. The number of carbonyl (C=O) groups excluding carboxylic acids is 1. The van der Waals surface area contributed by atoms with E-state index in [1.807, 2.05) is 25.1 Å². The van der Waals surface area contributed by atoms with Crippen molar-refractivity contribution in [3.63, 3.8) is 0 Å². The molecule has 0 aliphatic carbocycles. The Kier molecular flexibility index (Phi) is 4.85. The van der Waals surface area contributed by atoms with Crippen LogP contribution in [0.15, 0.2) is 41.2 Å². The fourth-order valence-electron chi connectivity index (χ4n) is 3.34. The molecular formula is C21H23N3O4. The topological polar surface area (TPSA) is 104 Å².